The number of nitrogens with one attached hydrogen (secondary N) is 2. The number of amides is 4. The van der Waals surface area contributed by atoms with Gasteiger partial charge in [0.2, 0.25) is 5.91 Å². The van der Waals surface area contributed by atoms with Crippen LogP contribution < -0.4 is 10.6 Å². The van der Waals surface area contributed by atoms with Gasteiger partial charge in [-0.3, -0.25) is 14.5 Å². The molecular weight excluding hydrogens is 378 g/mol. The highest BCUT2D eigenvalue weighted by atomic mass is 16.5. The standard InChI is InChI=1S/C19H21N5O5/c1-12(2)24-15(7-8-21-24)22-16(25)11-29-18(27)14-6-4-3-5-13(14)10-23-17(26)9-20-19(23)28/h3-8,12H,9-11H2,1-2H3,(H,20,28)(H,22,25). The summed E-state index contributed by atoms with van der Waals surface area (Å²) in [5.74, 6) is -1.10. The van der Waals surface area contributed by atoms with Gasteiger partial charge in [0.1, 0.15) is 5.82 Å². The number of carbonyl (C=O) groups is 4. The molecule has 0 bridgehead atoms. The molecule has 1 aromatic heterocycles. The maximum Gasteiger partial charge on any atom is 0.338 e. The van der Waals surface area contributed by atoms with Crippen molar-refractivity contribution in [2.45, 2.75) is 26.4 Å². The van der Waals surface area contributed by atoms with E-state index in [2.05, 4.69) is 15.7 Å². The van der Waals surface area contributed by atoms with Crippen LogP contribution in [0.3, 0.4) is 0 Å². The summed E-state index contributed by atoms with van der Waals surface area (Å²) in [4.78, 5) is 49.1. The van der Waals surface area contributed by atoms with Gasteiger partial charge >= 0.3 is 12.0 Å². The van der Waals surface area contributed by atoms with Gasteiger partial charge in [-0.05, 0) is 25.5 Å². The molecule has 0 unspecified atom stereocenters. The number of carbonyl (C=O) groups excluding carboxylic acids is 4. The topological polar surface area (TPSA) is 123 Å². The van der Waals surface area contributed by atoms with E-state index in [1.54, 1.807) is 35.1 Å². The first-order valence-corrected chi connectivity index (χ1v) is 9.03. The largest absolute Gasteiger partial charge is 0.452 e. The van der Waals surface area contributed by atoms with Gasteiger partial charge in [-0.25, -0.2) is 14.3 Å². The first-order valence-electron chi connectivity index (χ1n) is 9.03. The molecule has 10 heteroatoms. The summed E-state index contributed by atoms with van der Waals surface area (Å²) in [6.07, 6.45) is 1.56. The normalized spacial score (nSPS) is 13.6. The zero-order valence-corrected chi connectivity index (χ0v) is 16.0. The Bertz CT molecular complexity index is 936. The summed E-state index contributed by atoms with van der Waals surface area (Å²) < 4.78 is 6.75. The average Bonchev–Trinajstić information content (AvgIpc) is 3.28. The summed E-state index contributed by atoms with van der Waals surface area (Å²) in [6, 6.07) is 7.64. The lowest BCUT2D eigenvalue weighted by Crippen LogP contribution is -2.31. The van der Waals surface area contributed by atoms with Crippen LogP contribution in [-0.2, 0) is 20.9 Å². The van der Waals surface area contributed by atoms with Crippen LogP contribution in [0.4, 0.5) is 10.6 Å². The van der Waals surface area contributed by atoms with Crippen molar-refractivity contribution in [3.8, 4) is 0 Å². The maximum atomic E-state index is 12.5. The Kier molecular flexibility index (Phi) is 5.91. The fraction of sp³-hybridized carbons (Fsp3) is 0.316. The number of hydrogen-bond donors (Lipinski definition) is 2. The van der Waals surface area contributed by atoms with Crippen LogP contribution in [0.15, 0.2) is 36.5 Å². The molecule has 10 nitrogen and oxygen atoms in total. The Balaban J connectivity index is 1.62. The zero-order chi connectivity index (χ0) is 21.0. The Morgan fingerprint density at radius 2 is 2.00 bits per heavy atom. The monoisotopic (exact) mass is 399 g/mol. The number of anilines is 1. The van der Waals surface area contributed by atoms with E-state index in [9.17, 15) is 19.2 Å². The molecule has 0 aliphatic carbocycles. The molecule has 29 heavy (non-hydrogen) atoms. The molecule has 1 saturated heterocycles. The number of esters is 1. The second-order valence-electron chi connectivity index (χ2n) is 6.67. The average molecular weight is 399 g/mol. The van der Waals surface area contributed by atoms with Crippen LogP contribution in [0, 0.1) is 0 Å². The van der Waals surface area contributed by atoms with Gasteiger partial charge in [0.25, 0.3) is 5.91 Å². The molecule has 0 spiro atoms. The lowest BCUT2D eigenvalue weighted by Gasteiger charge is -2.15. The van der Waals surface area contributed by atoms with Gasteiger partial charge in [-0.2, -0.15) is 5.10 Å². The summed E-state index contributed by atoms with van der Waals surface area (Å²) in [5, 5.41) is 9.18. The van der Waals surface area contributed by atoms with E-state index in [0.29, 0.717) is 11.4 Å². The number of imide groups is 1. The predicted molar refractivity (Wildman–Crippen MR) is 102 cm³/mol. The minimum atomic E-state index is -0.722. The zero-order valence-electron chi connectivity index (χ0n) is 16.0. The van der Waals surface area contributed by atoms with Gasteiger partial charge in [-0.15, -0.1) is 0 Å². The number of urea groups is 1. The maximum absolute atomic E-state index is 12.5. The first kappa shape index (κ1) is 20.1. The van der Waals surface area contributed by atoms with E-state index in [4.69, 9.17) is 4.74 Å². The second-order valence-corrected chi connectivity index (χ2v) is 6.67. The number of ether oxygens (including phenoxy) is 1. The molecule has 3 rings (SSSR count). The van der Waals surface area contributed by atoms with Gasteiger partial charge in [0.15, 0.2) is 6.61 Å². The Labute approximate surface area is 166 Å². The SMILES string of the molecule is CC(C)n1nccc1NC(=O)COC(=O)c1ccccc1CN1C(=O)CNC1=O. The van der Waals surface area contributed by atoms with Crippen molar-refractivity contribution in [3.05, 3.63) is 47.7 Å². The molecule has 4 amide bonds. The molecule has 1 aliphatic rings. The van der Waals surface area contributed by atoms with E-state index in [-0.39, 0.29) is 30.6 Å². The first-order chi connectivity index (χ1) is 13.9. The van der Waals surface area contributed by atoms with Crippen LogP contribution in [0.5, 0.6) is 0 Å². The van der Waals surface area contributed by atoms with Gasteiger partial charge < -0.3 is 15.4 Å². The van der Waals surface area contributed by atoms with E-state index in [1.165, 1.54) is 6.07 Å². The van der Waals surface area contributed by atoms with Gasteiger partial charge in [-0.1, -0.05) is 18.2 Å². The molecule has 1 aliphatic heterocycles. The Morgan fingerprint density at radius 1 is 1.24 bits per heavy atom. The number of hydrogen-bond acceptors (Lipinski definition) is 6. The lowest BCUT2D eigenvalue weighted by atomic mass is 10.1. The molecule has 2 N–H and O–H groups in total. The van der Waals surface area contributed by atoms with E-state index < -0.39 is 24.5 Å². The predicted octanol–water partition coefficient (Wildman–Crippen LogP) is 1.31. The molecule has 2 heterocycles. The van der Waals surface area contributed by atoms with Crippen LogP contribution >= 0.6 is 0 Å². The van der Waals surface area contributed by atoms with Crippen molar-refractivity contribution < 1.29 is 23.9 Å². The molecule has 0 saturated carbocycles. The van der Waals surface area contributed by atoms with Crippen molar-refractivity contribution >= 4 is 29.6 Å². The lowest BCUT2D eigenvalue weighted by molar-refractivity contribution is -0.125. The van der Waals surface area contributed by atoms with Crippen LogP contribution in [0.1, 0.15) is 35.8 Å². The molecule has 1 aromatic carbocycles. The van der Waals surface area contributed by atoms with Crippen LogP contribution in [-0.4, -0.2) is 51.6 Å². The minimum absolute atomic E-state index is 0.0558. The van der Waals surface area contributed by atoms with Crippen molar-refractivity contribution in [1.29, 1.82) is 0 Å². The summed E-state index contributed by atoms with van der Waals surface area (Å²) in [7, 11) is 0. The third-order valence-electron chi connectivity index (χ3n) is 4.26. The van der Waals surface area contributed by atoms with Crippen molar-refractivity contribution in [2.24, 2.45) is 0 Å². The third kappa shape index (κ3) is 4.60. The highest BCUT2D eigenvalue weighted by molar-refractivity contribution is 6.02. The highest BCUT2D eigenvalue weighted by Crippen LogP contribution is 2.16. The molecular formula is C19H21N5O5. The number of rotatable bonds is 7. The Morgan fingerprint density at radius 3 is 2.69 bits per heavy atom. The molecule has 0 atom stereocenters. The number of nitrogens with zero attached hydrogens (tertiary/aromatic N) is 3. The summed E-state index contributed by atoms with van der Waals surface area (Å²) in [5.41, 5.74) is 0.626. The number of aromatic nitrogens is 2. The van der Waals surface area contributed by atoms with E-state index in [0.717, 1.165) is 4.90 Å². The quantitative estimate of drug-likeness (QED) is 0.535. The minimum Gasteiger partial charge on any atom is -0.452 e. The van der Waals surface area contributed by atoms with E-state index >= 15 is 0 Å². The number of benzene rings is 1. The fourth-order valence-electron chi connectivity index (χ4n) is 2.86. The highest BCUT2D eigenvalue weighted by Gasteiger charge is 2.29. The van der Waals surface area contributed by atoms with Gasteiger partial charge in [0, 0.05) is 12.1 Å². The van der Waals surface area contributed by atoms with Crippen LogP contribution in [0.25, 0.3) is 0 Å². The van der Waals surface area contributed by atoms with Crippen molar-refractivity contribution in [1.82, 2.24) is 20.0 Å². The van der Waals surface area contributed by atoms with E-state index in [1.807, 2.05) is 13.8 Å². The molecule has 152 valence electrons. The second kappa shape index (κ2) is 8.55. The van der Waals surface area contributed by atoms with Gasteiger partial charge in [0.05, 0.1) is 24.8 Å². The smallest absolute Gasteiger partial charge is 0.338 e. The van der Waals surface area contributed by atoms with Crippen LogP contribution in [0.2, 0.25) is 0 Å². The summed E-state index contributed by atoms with van der Waals surface area (Å²) >= 11 is 0. The fourth-order valence-corrected chi connectivity index (χ4v) is 2.86. The Hall–Kier alpha value is -3.69. The summed E-state index contributed by atoms with van der Waals surface area (Å²) in [6.45, 7) is 3.23. The molecule has 2 aromatic rings. The molecule has 1 fully saturated rings. The van der Waals surface area contributed by atoms with Crippen molar-refractivity contribution in [2.75, 3.05) is 18.5 Å². The third-order valence-corrected chi connectivity index (χ3v) is 4.26. The van der Waals surface area contributed by atoms with Crippen molar-refractivity contribution in [3.63, 3.8) is 0 Å². The molecule has 0 radical (unpaired) electrons.